The summed E-state index contributed by atoms with van der Waals surface area (Å²) in [6, 6.07) is 0.674. The van der Waals surface area contributed by atoms with Crippen LogP contribution in [0.1, 0.15) is 38.5 Å². The molecule has 6 nitrogen and oxygen atoms in total. The third-order valence-electron chi connectivity index (χ3n) is 6.39. The molecule has 6 heteroatoms. The molecule has 3 heterocycles. The third kappa shape index (κ3) is 5.91. The lowest BCUT2D eigenvalue weighted by Gasteiger charge is -2.39. The Kier molecular flexibility index (Phi) is 8.17. The van der Waals surface area contributed by atoms with Crippen molar-refractivity contribution in [3.63, 3.8) is 0 Å². The highest BCUT2D eigenvalue weighted by molar-refractivity contribution is 5.78. The fraction of sp³-hybridized carbons (Fsp3) is 0.950. The Balaban J connectivity index is 1.34. The van der Waals surface area contributed by atoms with Crippen LogP contribution in [0.3, 0.4) is 0 Å². The fourth-order valence-electron chi connectivity index (χ4n) is 4.71. The van der Waals surface area contributed by atoms with Gasteiger partial charge in [0.2, 0.25) is 5.91 Å². The second-order valence-corrected chi connectivity index (χ2v) is 8.20. The molecule has 0 spiro atoms. The molecule has 0 radical (unpaired) electrons. The minimum Gasteiger partial charge on any atom is -0.383 e. The van der Waals surface area contributed by atoms with Gasteiger partial charge in [-0.15, -0.1) is 0 Å². The molecule has 150 valence electrons. The number of hydrogen-bond acceptors (Lipinski definition) is 5. The van der Waals surface area contributed by atoms with Crippen LogP contribution in [0.4, 0.5) is 0 Å². The van der Waals surface area contributed by atoms with Crippen molar-refractivity contribution in [2.45, 2.75) is 44.6 Å². The van der Waals surface area contributed by atoms with E-state index >= 15 is 0 Å². The number of amides is 1. The van der Waals surface area contributed by atoms with Gasteiger partial charge in [-0.25, -0.2) is 0 Å². The zero-order chi connectivity index (χ0) is 18.2. The number of rotatable bonds is 7. The Bertz CT molecular complexity index is 421. The standard InChI is InChI=1S/C20H37N3O3/c1-25-14-11-22-8-2-3-17(16-22)15-21-20(24)18-4-9-23(10-5-18)19-6-12-26-13-7-19/h17-19H,2-16H2,1H3,(H,21,24)/t17-/m1/s1. The van der Waals surface area contributed by atoms with Gasteiger partial charge in [-0.3, -0.25) is 4.79 Å². The summed E-state index contributed by atoms with van der Waals surface area (Å²) in [5.41, 5.74) is 0. The van der Waals surface area contributed by atoms with Crippen molar-refractivity contribution >= 4 is 5.91 Å². The van der Waals surface area contributed by atoms with Crippen LogP contribution in [0, 0.1) is 11.8 Å². The van der Waals surface area contributed by atoms with Crippen molar-refractivity contribution in [2.24, 2.45) is 11.8 Å². The van der Waals surface area contributed by atoms with Gasteiger partial charge in [0.05, 0.1) is 6.61 Å². The highest BCUT2D eigenvalue weighted by Crippen LogP contribution is 2.23. The smallest absolute Gasteiger partial charge is 0.223 e. The normalized spacial score (nSPS) is 27.5. The molecule has 3 rings (SSSR count). The fourth-order valence-corrected chi connectivity index (χ4v) is 4.71. The van der Waals surface area contributed by atoms with E-state index in [2.05, 4.69) is 15.1 Å². The first-order valence-electron chi connectivity index (χ1n) is 10.6. The zero-order valence-electron chi connectivity index (χ0n) is 16.5. The second kappa shape index (κ2) is 10.6. The van der Waals surface area contributed by atoms with Crippen LogP contribution in [-0.4, -0.2) is 87.9 Å². The van der Waals surface area contributed by atoms with Gasteiger partial charge in [0.1, 0.15) is 0 Å². The maximum absolute atomic E-state index is 12.6. The average molecular weight is 368 g/mol. The minimum absolute atomic E-state index is 0.208. The summed E-state index contributed by atoms with van der Waals surface area (Å²) in [5.74, 6) is 1.08. The minimum atomic E-state index is 0.208. The van der Waals surface area contributed by atoms with Crippen molar-refractivity contribution in [1.82, 2.24) is 15.1 Å². The Morgan fingerprint density at radius 3 is 2.62 bits per heavy atom. The average Bonchev–Trinajstić information content (AvgIpc) is 2.71. The van der Waals surface area contributed by atoms with E-state index in [1.807, 2.05) is 0 Å². The molecule has 3 aliphatic heterocycles. The topological polar surface area (TPSA) is 54.0 Å². The van der Waals surface area contributed by atoms with E-state index in [1.54, 1.807) is 7.11 Å². The summed E-state index contributed by atoms with van der Waals surface area (Å²) in [6.07, 6.45) is 6.78. The van der Waals surface area contributed by atoms with Crippen LogP contribution < -0.4 is 5.32 Å². The summed E-state index contributed by atoms with van der Waals surface area (Å²) < 4.78 is 10.7. The molecule has 0 aliphatic carbocycles. The van der Waals surface area contributed by atoms with Crippen molar-refractivity contribution in [3.05, 3.63) is 0 Å². The first-order chi connectivity index (χ1) is 12.8. The molecule has 0 aromatic heterocycles. The molecule has 1 atom stereocenters. The van der Waals surface area contributed by atoms with E-state index in [0.717, 1.165) is 78.2 Å². The largest absolute Gasteiger partial charge is 0.383 e. The third-order valence-corrected chi connectivity index (χ3v) is 6.39. The Labute approximate surface area is 158 Å². The van der Waals surface area contributed by atoms with E-state index in [9.17, 15) is 4.79 Å². The number of nitrogens with zero attached hydrogens (tertiary/aromatic N) is 2. The molecular formula is C20H37N3O3. The van der Waals surface area contributed by atoms with Gasteiger partial charge in [0.25, 0.3) is 0 Å². The molecule has 0 aromatic carbocycles. The maximum atomic E-state index is 12.6. The number of piperidine rings is 2. The van der Waals surface area contributed by atoms with Crippen molar-refractivity contribution < 1.29 is 14.3 Å². The van der Waals surface area contributed by atoms with Crippen molar-refractivity contribution in [3.8, 4) is 0 Å². The van der Waals surface area contributed by atoms with Gasteiger partial charge in [0, 0.05) is 51.9 Å². The number of carbonyl (C=O) groups is 1. The number of carbonyl (C=O) groups excluding carboxylic acids is 1. The van der Waals surface area contributed by atoms with E-state index in [0.29, 0.717) is 12.0 Å². The van der Waals surface area contributed by atoms with Gasteiger partial charge >= 0.3 is 0 Å². The van der Waals surface area contributed by atoms with Gasteiger partial charge in [-0.05, 0) is 64.1 Å². The lowest BCUT2D eigenvalue weighted by Crippen LogP contribution is -2.47. The van der Waals surface area contributed by atoms with Crippen LogP contribution in [0.5, 0.6) is 0 Å². The van der Waals surface area contributed by atoms with Crippen LogP contribution in [0.25, 0.3) is 0 Å². The molecule has 3 fully saturated rings. The van der Waals surface area contributed by atoms with Crippen LogP contribution >= 0.6 is 0 Å². The predicted molar refractivity (Wildman–Crippen MR) is 102 cm³/mol. The van der Waals surface area contributed by atoms with E-state index in [-0.39, 0.29) is 11.8 Å². The summed E-state index contributed by atoms with van der Waals surface area (Å²) in [7, 11) is 1.76. The SMILES string of the molecule is COCCN1CCC[C@H](CNC(=O)C2CCN(C3CCOCC3)CC2)C1. The number of likely N-dealkylation sites (tertiary alicyclic amines) is 2. The monoisotopic (exact) mass is 367 g/mol. The number of ether oxygens (including phenoxy) is 2. The zero-order valence-corrected chi connectivity index (χ0v) is 16.5. The molecule has 26 heavy (non-hydrogen) atoms. The molecular weight excluding hydrogens is 330 g/mol. The highest BCUT2D eigenvalue weighted by atomic mass is 16.5. The number of nitrogens with one attached hydrogen (secondary N) is 1. The van der Waals surface area contributed by atoms with Crippen molar-refractivity contribution in [1.29, 1.82) is 0 Å². The predicted octanol–water partition coefficient (Wildman–Crippen LogP) is 1.35. The van der Waals surface area contributed by atoms with Crippen molar-refractivity contribution in [2.75, 3.05) is 66.2 Å². The van der Waals surface area contributed by atoms with E-state index < -0.39 is 0 Å². The molecule has 3 aliphatic rings. The van der Waals surface area contributed by atoms with E-state index in [1.165, 1.54) is 19.4 Å². The molecule has 1 N–H and O–H groups in total. The van der Waals surface area contributed by atoms with Gasteiger partial charge in [0.15, 0.2) is 0 Å². The summed E-state index contributed by atoms with van der Waals surface area (Å²) in [4.78, 5) is 17.6. The first kappa shape index (κ1) is 20.1. The Morgan fingerprint density at radius 1 is 1.12 bits per heavy atom. The summed E-state index contributed by atoms with van der Waals surface area (Å²) in [6.45, 7) is 8.82. The first-order valence-corrected chi connectivity index (χ1v) is 10.6. The van der Waals surface area contributed by atoms with E-state index in [4.69, 9.17) is 9.47 Å². The Morgan fingerprint density at radius 2 is 1.88 bits per heavy atom. The lowest BCUT2D eigenvalue weighted by molar-refractivity contribution is -0.127. The number of methoxy groups -OCH3 is 1. The lowest BCUT2D eigenvalue weighted by atomic mass is 9.92. The Hall–Kier alpha value is -0.690. The molecule has 0 saturated carbocycles. The van der Waals surface area contributed by atoms with Gasteiger partial charge in [-0.2, -0.15) is 0 Å². The second-order valence-electron chi connectivity index (χ2n) is 8.20. The van der Waals surface area contributed by atoms with Crippen LogP contribution in [-0.2, 0) is 14.3 Å². The van der Waals surface area contributed by atoms with Gasteiger partial charge < -0.3 is 24.6 Å². The molecule has 0 unspecified atom stereocenters. The van der Waals surface area contributed by atoms with Crippen LogP contribution in [0.2, 0.25) is 0 Å². The molecule has 1 amide bonds. The summed E-state index contributed by atoms with van der Waals surface area (Å²) >= 11 is 0. The summed E-state index contributed by atoms with van der Waals surface area (Å²) in [5, 5.41) is 3.26. The molecule has 0 aromatic rings. The highest BCUT2D eigenvalue weighted by Gasteiger charge is 2.30. The maximum Gasteiger partial charge on any atom is 0.223 e. The van der Waals surface area contributed by atoms with Gasteiger partial charge in [-0.1, -0.05) is 0 Å². The van der Waals surface area contributed by atoms with Crippen LogP contribution in [0.15, 0.2) is 0 Å². The molecule has 0 bridgehead atoms. The number of hydrogen-bond donors (Lipinski definition) is 1. The quantitative estimate of drug-likeness (QED) is 0.736. The molecule has 3 saturated heterocycles.